The average Bonchev–Trinajstić information content (AvgIpc) is 2.71. The van der Waals surface area contributed by atoms with E-state index in [-0.39, 0.29) is 27.1 Å². The largest absolute Gasteiger partial charge is 0.478 e. The highest BCUT2D eigenvalue weighted by Gasteiger charge is 2.20. The lowest BCUT2D eigenvalue weighted by Gasteiger charge is -2.09. The third-order valence-electron chi connectivity index (χ3n) is 2.82. The molecule has 0 atom stereocenters. The number of aryl methyl sites for hydroxylation is 1. The first kappa shape index (κ1) is 14.6. The van der Waals surface area contributed by atoms with Gasteiger partial charge in [-0.3, -0.25) is 9.48 Å². The fourth-order valence-electron chi connectivity index (χ4n) is 1.83. The Morgan fingerprint density at radius 2 is 1.95 bits per heavy atom. The van der Waals surface area contributed by atoms with Crippen LogP contribution in [0.2, 0.25) is 10.0 Å². The van der Waals surface area contributed by atoms with E-state index in [2.05, 4.69) is 5.10 Å². The first-order valence-electron chi connectivity index (χ1n) is 5.59. The van der Waals surface area contributed by atoms with Gasteiger partial charge in [-0.15, -0.1) is 0 Å². The van der Waals surface area contributed by atoms with Gasteiger partial charge in [-0.1, -0.05) is 23.2 Å². The van der Waals surface area contributed by atoms with Gasteiger partial charge in [-0.25, -0.2) is 4.79 Å². The van der Waals surface area contributed by atoms with Crippen LogP contribution in [-0.2, 0) is 7.05 Å². The molecule has 0 unspecified atom stereocenters. The van der Waals surface area contributed by atoms with E-state index in [1.807, 2.05) is 0 Å². The number of carboxylic acids is 1. The number of aromatic carboxylic acids is 1. The van der Waals surface area contributed by atoms with Gasteiger partial charge < -0.3 is 5.11 Å². The minimum atomic E-state index is -1.15. The van der Waals surface area contributed by atoms with Gasteiger partial charge in [-0.2, -0.15) is 5.10 Å². The molecule has 0 fully saturated rings. The molecule has 0 aliphatic carbocycles. The van der Waals surface area contributed by atoms with Crippen LogP contribution in [0, 0.1) is 0 Å². The highest BCUT2D eigenvalue weighted by Crippen LogP contribution is 2.37. The normalized spacial score (nSPS) is 10.6. The number of Topliss-reactive ketones (excluding diaryl/α,β-unsaturated/α-hetero) is 1. The van der Waals surface area contributed by atoms with E-state index < -0.39 is 5.97 Å². The van der Waals surface area contributed by atoms with Crippen molar-refractivity contribution in [1.29, 1.82) is 0 Å². The highest BCUT2D eigenvalue weighted by atomic mass is 35.5. The standard InChI is InChI=1S/C13H10Cl2N2O3/c1-6(18)9-5-10(17(2)16-9)11-8(14)4-3-7(12(11)15)13(19)20/h3-5H,1-2H3,(H,19,20). The molecule has 2 aromatic rings. The van der Waals surface area contributed by atoms with Gasteiger partial charge >= 0.3 is 5.97 Å². The van der Waals surface area contributed by atoms with Crippen molar-refractivity contribution in [2.75, 3.05) is 0 Å². The zero-order chi connectivity index (χ0) is 15.0. The summed E-state index contributed by atoms with van der Waals surface area (Å²) in [5.74, 6) is -1.35. The van der Waals surface area contributed by atoms with Crippen molar-refractivity contribution in [2.45, 2.75) is 6.92 Å². The molecule has 1 heterocycles. The van der Waals surface area contributed by atoms with Gasteiger partial charge in [0.1, 0.15) is 5.69 Å². The van der Waals surface area contributed by atoms with Gasteiger partial charge in [0.25, 0.3) is 0 Å². The molecule has 0 spiro atoms. The van der Waals surface area contributed by atoms with Crippen LogP contribution in [0.5, 0.6) is 0 Å². The maximum absolute atomic E-state index is 11.4. The molecule has 0 aliphatic rings. The average molecular weight is 313 g/mol. The Hall–Kier alpha value is -1.85. The van der Waals surface area contributed by atoms with E-state index in [1.165, 1.54) is 29.8 Å². The van der Waals surface area contributed by atoms with Crippen molar-refractivity contribution >= 4 is 35.0 Å². The Morgan fingerprint density at radius 1 is 1.30 bits per heavy atom. The lowest BCUT2D eigenvalue weighted by Crippen LogP contribution is -2.01. The third kappa shape index (κ3) is 2.42. The Bertz CT molecular complexity index is 723. The SMILES string of the molecule is CC(=O)c1cc(-c2c(Cl)ccc(C(=O)O)c2Cl)n(C)n1. The molecule has 0 amide bonds. The van der Waals surface area contributed by atoms with Crippen LogP contribution in [0.25, 0.3) is 11.3 Å². The number of halogens is 2. The van der Waals surface area contributed by atoms with Crippen molar-refractivity contribution in [3.8, 4) is 11.3 Å². The quantitative estimate of drug-likeness (QED) is 0.883. The molecule has 0 saturated carbocycles. The highest BCUT2D eigenvalue weighted by molar-refractivity contribution is 6.41. The Morgan fingerprint density at radius 3 is 2.45 bits per heavy atom. The molecule has 1 aromatic heterocycles. The Kier molecular flexibility index (Phi) is 3.83. The van der Waals surface area contributed by atoms with Crippen LogP contribution in [-0.4, -0.2) is 26.6 Å². The summed E-state index contributed by atoms with van der Waals surface area (Å²) in [6.45, 7) is 1.39. The van der Waals surface area contributed by atoms with Crippen molar-refractivity contribution in [3.05, 3.63) is 39.5 Å². The molecule has 5 nitrogen and oxygen atoms in total. The molecule has 0 radical (unpaired) electrons. The summed E-state index contributed by atoms with van der Waals surface area (Å²) in [5, 5.41) is 13.4. The van der Waals surface area contributed by atoms with Crippen molar-refractivity contribution in [2.24, 2.45) is 7.05 Å². The second kappa shape index (κ2) is 5.26. The molecule has 1 N–H and O–H groups in total. The van der Waals surface area contributed by atoms with Crippen LogP contribution < -0.4 is 0 Å². The maximum atomic E-state index is 11.4. The van der Waals surface area contributed by atoms with E-state index in [4.69, 9.17) is 28.3 Å². The first-order valence-corrected chi connectivity index (χ1v) is 6.35. The number of carboxylic acid groups (broad SMARTS) is 1. The molecule has 104 valence electrons. The van der Waals surface area contributed by atoms with Crippen LogP contribution in [0.15, 0.2) is 18.2 Å². The number of hydrogen-bond donors (Lipinski definition) is 1. The van der Waals surface area contributed by atoms with Crippen LogP contribution >= 0.6 is 23.2 Å². The van der Waals surface area contributed by atoms with Crippen LogP contribution in [0.3, 0.4) is 0 Å². The molecule has 7 heteroatoms. The third-order valence-corrected chi connectivity index (χ3v) is 3.53. The second-order valence-electron chi connectivity index (χ2n) is 4.18. The van der Waals surface area contributed by atoms with E-state index in [0.717, 1.165) is 0 Å². The summed E-state index contributed by atoms with van der Waals surface area (Å²) in [4.78, 5) is 22.5. The van der Waals surface area contributed by atoms with E-state index in [1.54, 1.807) is 7.05 Å². The van der Waals surface area contributed by atoms with Gasteiger partial charge in [0.05, 0.1) is 21.3 Å². The monoisotopic (exact) mass is 312 g/mol. The van der Waals surface area contributed by atoms with Crippen molar-refractivity contribution < 1.29 is 14.7 Å². The number of hydrogen-bond acceptors (Lipinski definition) is 3. The molecule has 1 aromatic carbocycles. The van der Waals surface area contributed by atoms with Crippen LogP contribution in [0.4, 0.5) is 0 Å². The van der Waals surface area contributed by atoms with E-state index >= 15 is 0 Å². The van der Waals surface area contributed by atoms with E-state index in [9.17, 15) is 9.59 Å². The minimum absolute atomic E-state index is 0.0168. The second-order valence-corrected chi connectivity index (χ2v) is 4.97. The number of carbonyl (C=O) groups is 2. The molecule has 0 aliphatic heterocycles. The Labute approximate surface area is 124 Å². The number of carbonyl (C=O) groups excluding carboxylic acids is 1. The fraction of sp³-hybridized carbons (Fsp3) is 0.154. The summed E-state index contributed by atoms with van der Waals surface area (Å²) >= 11 is 12.2. The topological polar surface area (TPSA) is 72.2 Å². The molecular weight excluding hydrogens is 303 g/mol. The summed E-state index contributed by atoms with van der Waals surface area (Å²) < 4.78 is 1.44. The van der Waals surface area contributed by atoms with Crippen molar-refractivity contribution in [1.82, 2.24) is 9.78 Å². The smallest absolute Gasteiger partial charge is 0.337 e. The predicted molar refractivity (Wildman–Crippen MR) is 75.6 cm³/mol. The number of ketones is 1. The number of rotatable bonds is 3. The van der Waals surface area contributed by atoms with Crippen LogP contribution in [0.1, 0.15) is 27.8 Å². The van der Waals surface area contributed by atoms with Gasteiger partial charge in [0.15, 0.2) is 5.78 Å². The van der Waals surface area contributed by atoms with Gasteiger partial charge in [0.2, 0.25) is 0 Å². The molecular formula is C13H10Cl2N2O3. The van der Waals surface area contributed by atoms with Gasteiger partial charge in [0, 0.05) is 19.5 Å². The summed E-state index contributed by atoms with van der Waals surface area (Å²) in [7, 11) is 1.63. The summed E-state index contributed by atoms with van der Waals surface area (Å²) in [6.07, 6.45) is 0. The minimum Gasteiger partial charge on any atom is -0.478 e. The number of benzene rings is 1. The maximum Gasteiger partial charge on any atom is 0.337 e. The summed E-state index contributed by atoms with van der Waals surface area (Å²) in [6, 6.07) is 4.31. The number of nitrogens with zero attached hydrogens (tertiary/aromatic N) is 2. The van der Waals surface area contributed by atoms with E-state index in [0.29, 0.717) is 11.3 Å². The molecule has 20 heavy (non-hydrogen) atoms. The van der Waals surface area contributed by atoms with Crippen molar-refractivity contribution in [3.63, 3.8) is 0 Å². The molecule has 0 bridgehead atoms. The first-order chi connectivity index (χ1) is 9.32. The molecule has 0 saturated heterocycles. The zero-order valence-corrected chi connectivity index (χ0v) is 12.2. The lowest BCUT2D eigenvalue weighted by atomic mass is 10.1. The van der Waals surface area contributed by atoms with Gasteiger partial charge in [-0.05, 0) is 18.2 Å². The lowest BCUT2D eigenvalue weighted by molar-refractivity contribution is 0.0697. The predicted octanol–water partition coefficient (Wildman–Crippen LogP) is 3.29. The zero-order valence-electron chi connectivity index (χ0n) is 10.6. The fourth-order valence-corrected chi connectivity index (χ4v) is 2.47. The Balaban J connectivity index is 2.72. The molecule has 2 rings (SSSR count). The number of aromatic nitrogens is 2. The summed E-state index contributed by atoms with van der Waals surface area (Å²) in [5.41, 5.74) is 1.02.